The normalized spacial score (nSPS) is 22.2. The summed E-state index contributed by atoms with van der Waals surface area (Å²) in [6.45, 7) is 5.31. The third-order valence-electron chi connectivity index (χ3n) is 4.81. The third kappa shape index (κ3) is 2.73. The molecule has 2 saturated heterocycles. The lowest BCUT2D eigenvalue weighted by molar-refractivity contribution is -0.129. The van der Waals surface area contributed by atoms with Crippen LogP contribution in [0.15, 0.2) is 24.3 Å². The van der Waals surface area contributed by atoms with Crippen LogP contribution in [-0.2, 0) is 4.79 Å². The molecule has 0 aromatic heterocycles. The van der Waals surface area contributed by atoms with Gasteiger partial charge in [0.05, 0.1) is 6.04 Å². The van der Waals surface area contributed by atoms with Crippen LogP contribution in [0.1, 0.15) is 55.7 Å². The number of hydrogen-bond donors (Lipinski definition) is 1. The second-order valence-electron chi connectivity index (χ2n) is 6.06. The van der Waals surface area contributed by atoms with Crippen molar-refractivity contribution in [2.45, 2.75) is 44.6 Å². The number of amides is 1. The Morgan fingerprint density at radius 2 is 1.90 bits per heavy atom. The van der Waals surface area contributed by atoms with Crippen molar-refractivity contribution in [3.8, 4) is 0 Å². The van der Waals surface area contributed by atoms with Crippen molar-refractivity contribution in [2.24, 2.45) is 0 Å². The molecule has 1 aromatic carbocycles. The Hall–Kier alpha value is -1.35. The molecule has 0 bridgehead atoms. The van der Waals surface area contributed by atoms with Crippen molar-refractivity contribution in [3.05, 3.63) is 35.4 Å². The lowest BCUT2D eigenvalue weighted by atomic mass is 9.89. The number of carbonyl (C=O) groups is 1. The number of nitrogens with one attached hydrogen (secondary N) is 1. The average molecular weight is 272 g/mol. The summed E-state index contributed by atoms with van der Waals surface area (Å²) in [6.07, 6.45) is 4.20. The van der Waals surface area contributed by atoms with Crippen molar-refractivity contribution in [1.29, 1.82) is 0 Å². The van der Waals surface area contributed by atoms with Gasteiger partial charge in [-0.1, -0.05) is 24.3 Å². The molecular formula is C17H24N2O. The van der Waals surface area contributed by atoms with Crippen LogP contribution < -0.4 is 5.32 Å². The predicted molar refractivity (Wildman–Crippen MR) is 80.6 cm³/mol. The molecule has 0 unspecified atom stereocenters. The molecule has 0 aliphatic carbocycles. The Morgan fingerprint density at radius 3 is 2.50 bits per heavy atom. The summed E-state index contributed by atoms with van der Waals surface area (Å²) >= 11 is 0. The largest absolute Gasteiger partial charge is 0.336 e. The van der Waals surface area contributed by atoms with E-state index in [1.165, 1.54) is 24.0 Å². The smallest absolute Gasteiger partial charge is 0.223 e. The first-order valence-corrected chi connectivity index (χ1v) is 7.86. The van der Waals surface area contributed by atoms with Gasteiger partial charge in [0.15, 0.2) is 0 Å². The zero-order valence-corrected chi connectivity index (χ0v) is 12.3. The average Bonchev–Trinajstić information content (AvgIpc) is 2.94. The first-order chi connectivity index (χ1) is 9.75. The van der Waals surface area contributed by atoms with E-state index < -0.39 is 0 Å². The van der Waals surface area contributed by atoms with E-state index in [9.17, 15) is 4.79 Å². The minimum atomic E-state index is 0.215. The van der Waals surface area contributed by atoms with Gasteiger partial charge < -0.3 is 10.2 Å². The van der Waals surface area contributed by atoms with E-state index in [-0.39, 0.29) is 6.04 Å². The Bertz CT molecular complexity index is 462. The van der Waals surface area contributed by atoms with E-state index in [1.54, 1.807) is 0 Å². The fourth-order valence-electron chi connectivity index (χ4n) is 3.46. The van der Waals surface area contributed by atoms with Crippen molar-refractivity contribution in [3.63, 3.8) is 0 Å². The summed E-state index contributed by atoms with van der Waals surface area (Å²) in [7, 11) is 0. The monoisotopic (exact) mass is 272 g/mol. The van der Waals surface area contributed by atoms with E-state index in [2.05, 4.69) is 36.5 Å². The van der Waals surface area contributed by atoms with Crippen molar-refractivity contribution >= 4 is 5.91 Å². The lowest BCUT2D eigenvalue weighted by Crippen LogP contribution is -2.28. The molecule has 2 fully saturated rings. The highest BCUT2D eigenvalue weighted by molar-refractivity contribution is 5.78. The second kappa shape index (κ2) is 5.96. The maximum atomic E-state index is 11.8. The number of piperidine rings is 1. The molecule has 1 atom stereocenters. The summed E-state index contributed by atoms with van der Waals surface area (Å²) < 4.78 is 0. The molecule has 3 nitrogen and oxygen atoms in total. The first-order valence-electron chi connectivity index (χ1n) is 7.86. The summed E-state index contributed by atoms with van der Waals surface area (Å²) in [6, 6.07) is 9.18. The molecule has 0 radical (unpaired) electrons. The second-order valence-corrected chi connectivity index (χ2v) is 6.06. The fourth-order valence-corrected chi connectivity index (χ4v) is 3.46. The maximum absolute atomic E-state index is 11.8. The molecule has 0 spiro atoms. The van der Waals surface area contributed by atoms with E-state index in [1.807, 2.05) is 4.90 Å². The zero-order chi connectivity index (χ0) is 13.9. The highest BCUT2D eigenvalue weighted by Gasteiger charge is 2.26. The Labute approximate surface area is 121 Å². The van der Waals surface area contributed by atoms with Gasteiger partial charge in [0.1, 0.15) is 0 Å². The molecule has 3 rings (SSSR count). The first kappa shape index (κ1) is 13.6. The topological polar surface area (TPSA) is 32.3 Å². The van der Waals surface area contributed by atoms with Crippen molar-refractivity contribution in [2.75, 3.05) is 19.6 Å². The predicted octanol–water partition coefficient (Wildman–Crippen LogP) is 2.84. The summed E-state index contributed by atoms with van der Waals surface area (Å²) in [5, 5.41) is 3.41. The Morgan fingerprint density at radius 1 is 1.20 bits per heavy atom. The molecule has 3 heteroatoms. The molecular weight excluding hydrogens is 248 g/mol. The van der Waals surface area contributed by atoms with Crippen LogP contribution in [-0.4, -0.2) is 30.4 Å². The van der Waals surface area contributed by atoms with Gasteiger partial charge in [-0.25, -0.2) is 0 Å². The van der Waals surface area contributed by atoms with Gasteiger partial charge in [0.25, 0.3) is 0 Å². The maximum Gasteiger partial charge on any atom is 0.223 e. The number of nitrogens with zero attached hydrogens (tertiary/aromatic N) is 1. The molecule has 2 heterocycles. The van der Waals surface area contributed by atoms with Crippen LogP contribution >= 0.6 is 0 Å². The third-order valence-corrected chi connectivity index (χ3v) is 4.81. The molecule has 108 valence electrons. The van der Waals surface area contributed by atoms with Crippen LogP contribution in [0.2, 0.25) is 0 Å². The van der Waals surface area contributed by atoms with E-state index >= 15 is 0 Å². The van der Waals surface area contributed by atoms with Crippen molar-refractivity contribution in [1.82, 2.24) is 10.2 Å². The van der Waals surface area contributed by atoms with Gasteiger partial charge in [-0.15, -0.1) is 0 Å². The number of likely N-dealkylation sites (tertiary alicyclic amines) is 1. The fraction of sp³-hybridized carbons (Fsp3) is 0.588. The van der Waals surface area contributed by atoms with Crippen molar-refractivity contribution < 1.29 is 4.79 Å². The van der Waals surface area contributed by atoms with Gasteiger partial charge in [-0.2, -0.15) is 0 Å². The molecule has 0 saturated carbocycles. The molecule has 2 aliphatic rings. The molecule has 20 heavy (non-hydrogen) atoms. The molecule has 1 amide bonds. The van der Waals surface area contributed by atoms with E-state index in [4.69, 9.17) is 0 Å². The van der Waals surface area contributed by atoms with Gasteiger partial charge in [-0.3, -0.25) is 4.79 Å². The minimum Gasteiger partial charge on any atom is -0.336 e. The summed E-state index contributed by atoms with van der Waals surface area (Å²) in [5.41, 5.74) is 2.72. The Balaban J connectivity index is 1.70. The quantitative estimate of drug-likeness (QED) is 0.917. The standard InChI is InChI=1S/C17H24N2O/c1-13(19-12-2-3-17(19)20)14-4-6-15(7-5-14)16-8-10-18-11-9-16/h4-7,13,16,18H,2-3,8-12H2,1H3/t13-/m1/s1. The van der Waals surface area contributed by atoms with Gasteiger partial charge in [0, 0.05) is 13.0 Å². The van der Waals surface area contributed by atoms with Gasteiger partial charge >= 0.3 is 0 Å². The SMILES string of the molecule is C[C@H](c1ccc(C2CCNCC2)cc1)N1CCCC1=O. The Kier molecular flexibility index (Phi) is 4.06. The van der Waals surface area contributed by atoms with E-state index in [0.29, 0.717) is 11.8 Å². The van der Waals surface area contributed by atoms with Crippen LogP contribution in [0, 0.1) is 0 Å². The number of hydrogen-bond acceptors (Lipinski definition) is 2. The van der Waals surface area contributed by atoms with Gasteiger partial charge in [0.2, 0.25) is 5.91 Å². The lowest BCUT2D eigenvalue weighted by Gasteiger charge is -2.26. The summed E-state index contributed by atoms with van der Waals surface area (Å²) in [5.74, 6) is 1.01. The van der Waals surface area contributed by atoms with E-state index in [0.717, 1.165) is 32.5 Å². The van der Waals surface area contributed by atoms with Crippen LogP contribution in [0.5, 0.6) is 0 Å². The molecule has 2 aliphatic heterocycles. The number of carbonyl (C=O) groups excluding carboxylic acids is 1. The zero-order valence-electron chi connectivity index (χ0n) is 12.3. The highest BCUT2D eigenvalue weighted by Crippen LogP contribution is 2.29. The van der Waals surface area contributed by atoms with Crippen LogP contribution in [0.3, 0.4) is 0 Å². The van der Waals surface area contributed by atoms with Crippen LogP contribution in [0.25, 0.3) is 0 Å². The molecule has 1 aromatic rings. The molecule has 1 N–H and O–H groups in total. The summed E-state index contributed by atoms with van der Waals surface area (Å²) in [4.78, 5) is 13.8. The van der Waals surface area contributed by atoms with Gasteiger partial charge in [-0.05, 0) is 56.3 Å². The minimum absolute atomic E-state index is 0.215. The van der Waals surface area contributed by atoms with Crippen LogP contribution in [0.4, 0.5) is 0 Å². The highest BCUT2D eigenvalue weighted by atomic mass is 16.2. The number of rotatable bonds is 3. The number of benzene rings is 1.